The molecule has 0 aliphatic rings. The van der Waals surface area contributed by atoms with Gasteiger partial charge in [0.05, 0.1) is 0 Å². The minimum absolute atomic E-state index is 0. The fourth-order valence-electron chi connectivity index (χ4n) is 1.96. The van der Waals surface area contributed by atoms with E-state index in [1.54, 1.807) is 4.52 Å². The van der Waals surface area contributed by atoms with Crippen LogP contribution in [0.5, 0.6) is 0 Å². The highest BCUT2D eigenvalue weighted by Crippen LogP contribution is 2.08. The molecule has 3 N–H and O–H groups in total. The molecule has 0 spiro atoms. The summed E-state index contributed by atoms with van der Waals surface area (Å²) in [4.78, 5) is 38.4. The summed E-state index contributed by atoms with van der Waals surface area (Å²) in [6, 6.07) is 1.37. The molecule has 0 atom stereocenters. The summed E-state index contributed by atoms with van der Waals surface area (Å²) in [6.07, 6.45) is 2.88. The zero-order valence-electron chi connectivity index (χ0n) is 11.3. The summed E-state index contributed by atoms with van der Waals surface area (Å²) < 4.78 is 1.56. The van der Waals surface area contributed by atoms with E-state index in [0.29, 0.717) is 6.42 Å². The summed E-state index contributed by atoms with van der Waals surface area (Å²) in [5, 5.41) is 13.5. The number of aryl methyl sites for hydroxylation is 1. The van der Waals surface area contributed by atoms with Gasteiger partial charge < -0.3 is 10.4 Å². The molecule has 0 aliphatic heterocycles. The lowest BCUT2D eigenvalue weighted by Gasteiger charge is -2.07. The molecule has 0 saturated carbocycles. The van der Waals surface area contributed by atoms with Crippen LogP contribution in [0, 0.1) is 0 Å². The van der Waals surface area contributed by atoms with Gasteiger partial charge in [-0.05, 0) is 6.42 Å². The number of nitrogens with zero attached hydrogens (tertiary/aromatic N) is 2. The lowest BCUT2D eigenvalue weighted by Crippen LogP contribution is -2.33. The van der Waals surface area contributed by atoms with Crippen LogP contribution in [-0.4, -0.2) is 38.1 Å². The summed E-state index contributed by atoms with van der Waals surface area (Å²) in [7, 11) is 0. The van der Waals surface area contributed by atoms with Crippen molar-refractivity contribution in [2.24, 2.45) is 0 Å². The number of carboxylic acids is 1. The molecule has 114 valence electrons. The molecule has 0 saturated heterocycles. The van der Waals surface area contributed by atoms with Crippen LogP contribution in [0.1, 0.15) is 29.4 Å². The average Bonchev–Trinajstić information content (AvgIpc) is 2.85. The quantitative estimate of drug-likeness (QED) is 0.729. The Labute approximate surface area is 125 Å². The summed E-state index contributed by atoms with van der Waals surface area (Å²) in [6.45, 7) is 1.42. The number of halogens is 1. The van der Waals surface area contributed by atoms with Crippen LogP contribution in [0.15, 0.2) is 17.2 Å². The Hall–Kier alpha value is -2.35. The summed E-state index contributed by atoms with van der Waals surface area (Å²) in [5.41, 5.74) is 0.291. The first-order chi connectivity index (χ1) is 9.54. The molecule has 2 aromatic rings. The second kappa shape index (κ2) is 6.89. The van der Waals surface area contributed by atoms with Gasteiger partial charge in [0.1, 0.15) is 18.4 Å². The Morgan fingerprint density at radius 3 is 2.81 bits per heavy atom. The molecule has 0 aliphatic carbocycles. The normalized spacial score (nSPS) is 10.1. The number of amides is 1. The number of fused-ring (bicyclic) bond motifs is 1. The average molecular weight is 315 g/mol. The van der Waals surface area contributed by atoms with E-state index < -0.39 is 23.9 Å². The number of carbonyl (C=O) groups excluding carboxylic acids is 1. The molecule has 0 fully saturated rings. The molecular formula is C12H15ClN4O4. The van der Waals surface area contributed by atoms with Crippen LogP contribution < -0.4 is 10.7 Å². The molecule has 9 heteroatoms. The first-order valence-electron chi connectivity index (χ1n) is 6.12. The zero-order chi connectivity index (χ0) is 14.7. The van der Waals surface area contributed by atoms with Crippen LogP contribution in [0.2, 0.25) is 0 Å². The molecule has 0 bridgehead atoms. The monoisotopic (exact) mass is 314 g/mol. The van der Waals surface area contributed by atoms with Gasteiger partial charge in [0.15, 0.2) is 11.1 Å². The van der Waals surface area contributed by atoms with Gasteiger partial charge in [-0.1, -0.05) is 13.3 Å². The number of aromatic nitrogens is 3. The largest absolute Gasteiger partial charge is 0.480 e. The van der Waals surface area contributed by atoms with E-state index in [1.807, 2.05) is 6.92 Å². The van der Waals surface area contributed by atoms with Crippen molar-refractivity contribution in [2.45, 2.75) is 19.8 Å². The Balaban J connectivity index is 0.00000220. The van der Waals surface area contributed by atoms with Crippen molar-refractivity contribution in [3.05, 3.63) is 33.9 Å². The van der Waals surface area contributed by atoms with Crippen molar-refractivity contribution in [1.82, 2.24) is 19.9 Å². The van der Waals surface area contributed by atoms with Crippen LogP contribution in [-0.2, 0) is 11.2 Å². The topological polar surface area (TPSA) is 117 Å². The Morgan fingerprint density at radius 2 is 2.19 bits per heavy atom. The van der Waals surface area contributed by atoms with Crippen LogP contribution in [0.3, 0.4) is 0 Å². The van der Waals surface area contributed by atoms with Crippen molar-refractivity contribution in [3.8, 4) is 0 Å². The lowest BCUT2D eigenvalue weighted by molar-refractivity contribution is -0.135. The highest BCUT2D eigenvalue weighted by molar-refractivity contribution is 6.00. The van der Waals surface area contributed by atoms with Crippen LogP contribution in [0.25, 0.3) is 5.65 Å². The van der Waals surface area contributed by atoms with Gasteiger partial charge in [-0.2, -0.15) is 0 Å². The number of aliphatic carboxylic acids is 1. The molecule has 0 aromatic carbocycles. The number of aromatic amines is 1. The third kappa shape index (κ3) is 3.40. The lowest BCUT2D eigenvalue weighted by atomic mass is 10.1. The Bertz CT molecular complexity index is 722. The fraction of sp³-hybridized carbons (Fsp3) is 0.333. The van der Waals surface area contributed by atoms with Gasteiger partial charge in [0.25, 0.3) is 5.91 Å². The maximum Gasteiger partial charge on any atom is 0.322 e. The standard InChI is InChI=1S/C12H14N4O4.ClH/c1-2-3-7-4-8(17)10(11-14-6-15-16(7)11)12(20)13-5-9(18)19;/h4,6H,2-3,5H2,1H3,(H,13,20)(H,14,15)(H,18,19);1H. The van der Waals surface area contributed by atoms with Gasteiger partial charge in [-0.15, -0.1) is 12.4 Å². The van der Waals surface area contributed by atoms with Crippen molar-refractivity contribution in [1.29, 1.82) is 0 Å². The van der Waals surface area contributed by atoms with E-state index in [-0.39, 0.29) is 23.6 Å². The maximum atomic E-state index is 12.0. The molecule has 2 rings (SSSR count). The van der Waals surface area contributed by atoms with Gasteiger partial charge in [0.2, 0.25) is 0 Å². The zero-order valence-corrected chi connectivity index (χ0v) is 12.1. The predicted octanol–water partition coefficient (Wildman–Crippen LogP) is 0.211. The van der Waals surface area contributed by atoms with E-state index in [2.05, 4.69) is 15.4 Å². The molecule has 1 amide bonds. The number of nitrogens with one attached hydrogen (secondary N) is 2. The van der Waals surface area contributed by atoms with Crippen LogP contribution >= 0.6 is 12.4 Å². The third-order valence-electron chi connectivity index (χ3n) is 2.77. The number of rotatable bonds is 5. The van der Waals surface area contributed by atoms with Gasteiger partial charge >= 0.3 is 5.97 Å². The van der Waals surface area contributed by atoms with Crippen molar-refractivity contribution < 1.29 is 14.7 Å². The van der Waals surface area contributed by atoms with Gasteiger partial charge in [0, 0.05) is 11.8 Å². The highest BCUT2D eigenvalue weighted by Gasteiger charge is 2.19. The molecule has 2 aromatic heterocycles. The third-order valence-corrected chi connectivity index (χ3v) is 2.77. The van der Waals surface area contributed by atoms with Crippen molar-refractivity contribution in [3.63, 3.8) is 0 Å². The number of carboxylic acid groups (broad SMARTS) is 1. The number of carbonyl (C=O) groups is 2. The van der Waals surface area contributed by atoms with Gasteiger partial charge in [-0.25, -0.2) is 9.50 Å². The van der Waals surface area contributed by atoms with Crippen molar-refractivity contribution >= 4 is 29.9 Å². The smallest absolute Gasteiger partial charge is 0.322 e. The number of hydrogen-bond donors (Lipinski definition) is 3. The van der Waals surface area contributed by atoms with E-state index in [1.165, 1.54) is 12.4 Å². The van der Waals surface area contributed by atoms with E-state index in [4.69, 9.17) is 5.11 Å². The molecule has 8 nitrogen and oxygen atoms in total. The Kier molecular flexibility index (Phi) is 5.48. The number of pyridine rings is 1. The van der Waals surface area contributed by atoms with Gasteiger partial charge in [-0.3, -0.25) is 19.5 Å². The maximum absolute atomic E-state index is 12.0. The predicted molar refractivity (Wildman–Crippen MR) is 77.0 cm³/mol. The van der Waals surface area contributed by atoms with Crippen molar-refractivity contribution in [2.75, 3.05) is 6.54 Å². The molecule has 21 heavy (non-hydrogen) atoms. The van der Waals surface area contributed by atoms with Crippen LogP contribution in [0.4, 0.5) is 0 Å². The SMILES string of the molecule is CCCc1cc(=O)c(C(=O)NCC(=O)O)c2nc[nH]n12.Cl. The minimum Gasteiger partial charge on any atom is -0.480 e. The molecular weight excluding hydrogens is 300 g/mol. The highest BCUT2D eigenvalue weighted by atomic mass is 35.5. The minimum atomic E-state index is -1.18. The summed E-state index contributed by atoms with van der Waals surface area (Å²) >= 11 is 0. The first kappa shape index (κ1) is 16.7. The Morgan fingerprint density at radius 1 is 1.48 bits per heavy atom. The number of H-pyrrole nitrogens is 1. The molecule has 0 unspecified atom stereocenters. The number of hydrogen-bond acceptors (Lipinski definition) is 4. The fourth-order valence-corrected chi connectivity index (χ4v) is 1.96. The van der Waals surface area contributed by atoms with E-state index >= 15 is 0 Å². The second-order valence-electron chi connectivity index (χ2n) is 4.25. The molecule has 2 heterocycles. The van der Waals surface area contributed by atoms with E-state index in [0.717, 1.165) is 12.1 Å². The second-order valence-corrected chi connectivity index (χ2v) is 4.25. The first-order valence-corrected chi connectivity index (χ1v) is 6.12. The summed E-state index contributed by atoms with van der Waals surface area (Å²) in [5.74, 6) is -1.93. The van der Waals surface area contributed by atoms with E-state index in [9.17, 15) is 14.4 Å². The molecule has 0 radical (unpaired) electrons.